The van der Waals surface area contributed by atoms with Gasteiger partial charge in [0.15, 0.2) is 0 Å². The van der Waals surface area contributed by atoms with Crippen LogP contribution in [0.15, 0.2) is 54.6 Å². The molecule has 1 aliphatic rings. The summed E-state index contributed by atoms with van der Waals surface area (Å²) in [4.78, 5) is 31.8. The van der Waals surface area contributed by atoms with Gasteiger partial charge in [-0.25, -0.2) is 0 Å². The average molecular weight is 374 g/mol. The third-order valence-corrected chi connectivity index (χ3v) is 5.07. The number of aromatic nitrogens is 1. The molecule has 1 fully saturated rings. The minimum atomic E-state index is -0.475. The zero-order chi connectivity index (χ0) is 19.7. The summed E-state index contributed by atoms with van der Waals surface area (Å²) in [6, 6.07) is 15.9. The van der Waals surface area contributed by atoms with Crippen molar-refractivity contribution in [3.63, 3.8) is 0 Å². The number of pyridine rings is 1. The van der Waals surface area contributed by atoms with Crippen molar-refractivity contribution < 1.29 is 9.59 Å². The Morgan fingerprint density at radius 1 is 1.14 bits per heavy atom. The molecule has 2 aromatic carbocycles. The fourth-order valence-corrected chi connectivity index (χ4v) is 3.72. The van der Waals surface area contributed by atoms with Gasteiger partial charge >= 0.3 is 0 Å². The molecule has 0 bridgehead atoms. The summed E-state index contributed by atoms with van der Waals surface area (Å²) in [7, 11) is 0. The van der Waals surface area contributed by atoms with E-state index in [1.54, 1.807) is 17.0 Å². The van der Waals surface area contributed by atoms with Crippen LogP contribution < -0.4 is 11.1 Å². The van der Waals surface area contributed by atoms with Crippen LogP contribution in [0.25, 0.3) is 10.9 Å². The third-order valence-electron chi connectivity index (χ3n) is 5.07. The first-order valence-corrected chi connectivity index (χ1v) is 9.37. The van der Waals surface area contributed by atoms with E-state index in [0.717, 1.165) is 23.0 Å². The molecule has 142 valence electrons. The molecular weight excluding hydrogens is 352 g/mol. The quantitative estimate of drug-likeness (QED) is 0.736. The van der Waals surface area contributed by atoms with Crippen molar-refractivity contribution in [1.29, 1.82) is 0 Å². The molecule has 2 amide bonds. The Hall–Kier alpha value is -3.41. The number of benzene rings is 2. The predicted octanol–water partition coefficient (Wildman–Crippen LogP) is 3.37. The van der Waals surface area contributed by atoms with E-state index in [1.165, 1.54) is 0 Å². The highest BCUT2D eigenvalue weighted by Gasteiger charge is 2.34. The van der Waals surface area contributed by atoms with Gasteiger partial charge in [0, 0.05) is 34.6 Å². The molecule has 4 rings (SSSR count). The summed E-state index contributed by atoms with van der Waals surface area (Å²) in [6.45, 7) is 2.48. The predicted molar refractivity (Wildman–Crippen MR) is 110 cm³/mol. The number of likely N-dealkylation sites (tertiary alicyclic amines) is 1. The molecule has 0 aliphatic carbocycles. The molecular formula is C22H22N4O2. The van der Waals surface area contributed by atoms with E-state index in [0.29, 0.717) is 29.9 Å². The number of carbonyl (C=O) groups is 2. The molecule has 28 heavy (non-hydrogen) atoms. The molecule has 1 atom stereocenters. The number of nitrogens with zero attached hydrogens (tertiary/aromatic N) is 2. The van der Waals surface area contributed by atoms with Crippen molar-refractivity contribution in [3.05, 3.63) is 65.9 Å². The molecule has 2 heterocycles. The molecule has 0 unspecified atom stereocenters. The van der Waals surface area contributed by atoms with Crippen LogP contribution >= 0.6 is 0 Å². The number of anilines is 2. The van der Waals surface area contributed by atoms with E-state index in [-0.39, 0.29) is 11.8 Å². The minimum absolute atomic E-state index is 0.110. The van der Waals surface area contributed by atoms with E-state index in [4.69, 9.17) is 5.73 Å². The van der Waals surface area contributed by atoms with Gasteiger partial charge in [-0.15, -0.1) is 0 Å². The minimum Gasteiger partial charge on any atom is -0.398 e. The lowest BCUT2D eigenvalue weighted by molar-refractivity contribution is -0.119. The van der Waals surface area contributed by atoms with Gasteiger partial charge in [-0.05, 0) is 56.2 Å². The van der Waals surface area contributed by atoms with Crippen molar-refractivity contribution in [1.82, 2.24) is 9.88 Å². The molecule has 3 N–H and O–H groups in total. The fourth-order valence-electron chi connectivity index (χ4n) is 3.72. The lowest BCUT2D eigenvalue weighted by atomic mass is 10.1. The zero-order valence-electron chi connectivity index (χ0n) is 15.7. The second-order valence-electron chi connectivity index (χ2n) is 7.10. The van der Waals surface area contributed by atoms with Gasteiger partial charge in [0.05, 0.1) is 5.52 Å². The van der Waals surface area contributed by atoms with Gasteiger partial charge in [-0.2, -0.15) is 0 Å². The number of carbonyl (C=O) groups excluding carboxylic acids is 2. The lowest BCUT2D eigenvalue weighted by Crippen LogP contribution is -2.43. The summed E-state index contributed by atoms with van der Waals surface area (Å²) in [5, 5.41) is 3.74. The summed E-state index contributed by atoms with van der Waals surface area (Å²) in [5.41, 5.74) is 9.61. The maximum atomic E-state index is 12.9. The number of amides is 2. The highest BCUT2D eigenvalue weighted by Crippen LogP contribution is 2.26. The van der Waals surface area contributed by atoms with Crippen LogP contribution in [0, 0.1) is 6.92 Å². The van der Waals surface area contributed by atoms with Crippen molar-refractivity contribution in [2.75, 3.05) is 17.6 Å². The first kappa shape index (κ1) is 18.0. The summed E-state index contributed by atoms with van der Waals surface area (Å²) in [5.74, 6) is -0.291. The summed E-state index contributed by atoms with van der Waals surface area (Å²) in [6.07, 6.45) is 1.46. The molecule has 0 radical (unpaired) electrons. The van der Waals surface area contributed by atoms with Crippen LogP contribution in [0.1, 0.15) is 28.9 Å². The van der Waals surface area contributed by atoms with Crippen LogP contribution in [0.4, 0.5) is 11.4 Å². The first-order valence-electron chi connectivity index (χ1n) is 9.37. The van der Waals surface area contributed by atoms with Gasteiger partial charge in [-0.3, -0.25) is 14.6 Å². The van der Waals surface area contributed by atoms with Crippen LogP contribution in [0.3, 0.4) is 0 Å². The van der Waals surface area contributed by atoms with Crippen molar-refractivity contribution in [2.24, 2.45) is 0 Å². The van der Waals surface area contributed by atoms with E-state index in [1.807, 2.05) is 49.4 Å². The zero-order valence-corrected chi connectivity index (χ0v) is 15.7. The second kappa shape index (κ2) is 7.31. The molecule has 1 aliphatic heterocycles. The SMILES string of the molecule is Cc1cc(N)c2cc(NC(=O)[C@@H]3CCCN3C(=O)c3ccccc3)ccc2n1. The number of rotatable bonds is 3. The number of hydrogen-bond donors (Lipinski definition) is 2. The van der Waals surface area contributed by atoms with Crippen molar-refractivity contribution in [3.8, 4) is 0 Å². The number of nitrogen functional groups attached to an aromatic ring is 1. The van der Waals surface area contributed by atoms with E-state index >= 15 is 0 Å². The summed E-state index contributed by atoms with van der Waals surface area (Å²) >= 11 is 0. The van der Waals surface area contributed by atoms with Crippen LogP contribution in [0.5, 0.6) is 0 Å². The number of fused-ring (bicyclic) bond motifs is 1. The van der Waals surface area contributed by atoms with Crippen LogP contribution in [-0.2, 0) is 4.79 Å². The molecule has 1 aromatic heterocycles. The highest BCUT2D eigenvalue weighted by molar-refractivity contribution is 6.03. The van der Waals surface area contributed by atoms with E-state index in [2.05, 4.69) is 10.3 Å². The Balaban J connectivity index is 1.54. The number of nitrogens with two attached hydrogens (primary N) is 1. The lowest BCUT2D eigenvalue weighted by Gasteiger charge is -2.24. The third kappa shape index (κ3) is 3.41. The Morgan fingerprint density at radius 2 is 1.93 bits per heavy atom. The Labute approximate surface area is 163 Å². The van der Waals surface area contributed by atoms with Crippen molar-refractivity contribution in [2.45, 2.75) is 25.8 Å². The Bertz CT molecular complexity index is 1050. The number of nitrogens with one attached hydrogen (secondary N) is 1. The van der Waals surface area contributed by atoms with Gasteiger partial charge in [-0.1, -0.05) is 18.2 Å². The van der Waals surface area contributed by atoms with Crippen LogP contribution in [0.2, 0.25) is 0 Å². The van der Waals surface area contributed by atoms with Gasteiger partial charge in [0.25, 0.3) is 5.91 Å². The maximum Gasteiger partial charge on any atom is 0.254 e. The number of aryl methyl sites for hydroxylation is 1. The largest absolute Gasteiger partial charge is 0.398 e. The normalized spacial score (nSPS) is 16.3. The standard InChI is InChI=1S/C22H22N4O2/c1-14-12-18(23)17-13-16(9-10-19(17)24-14)25-21(27)20-8-5-11-26(20)22(28)15-6-3-2-4-7-15/h2-4,6-7,9-10,12-13,20H,5,8,11H2,1H3,(H2,23,24)(H,25,27)/t20-/m0/s1. The summed E-state index contributed by atoms with van der Waals surface area (Å²) < 4.78 is 0. The van der Waals surface area contributed by atoms with Crippen LogP contribution in [-0.4, -0.2) is 34.3 Å². The molecule has 1 saturated heterocycles. The molecule has 6 nitrogen and oxygen atoms in total. The van der Waals surface area contributed by atoms with Gasteiger partial charge < -0.3 is 16.0 Å². The molecule has 0 spiro atoms. The molecule has 6 heteroatoms. The van der Waals surface area contributed by atoms with E-state index < -0.39 is 6.04 Å². The monoisotopic (exact) mass is 374 g/mol. The smallest absolute Gasteiger partial charge is 0.254 e. The topological polar surface area (TPSA) is 88.3 Å². The first-order chi connectivity index (χ1) is 13.5. The molecule has 0 saturated carbocycles. The van der Waals surface area contributed by atoms with Gasteiger partial charge in [0.1, 0.15) is 6.04 Å². The number of hydrogen-bond acceptors (Lipinski definition) is 4. The van der Waals surface area contributed by atoms with E-state index in [9.17, 15) is 9.59 Å². The Kier molecular flexibility index (Phi) is 4.69. The van der Waals surface area contributed by atoms with Crippen molar-refractivity contribution >= 4 is 34.1 Å². The Morgan fingerprint density at radius 3 is 2.71 bits per heavy atom. The highest BCUT2D eigenvalue weighted by atomic mass is 16.2. The van der Waals surface area contributed by atoms with Gasteiger partial charge in [0.2, 0.25) is 5.91 Å². The maximum absolute atomic E-state index is 12.9. The molecule has 3 aromatic rings. The second-order valence-corrected chi connectivity index (χ2v) is 7.10. The average Bonchev–Trinajstić information content (AvgIpc) is 3.18. The fraction of sp³-hybridized carbons (Fsp3) is 0.227.